The van der Waals surface area contributed by atoms with Crippen LogP contribution in [0.1, 0.15) is 22.3 Å². The van der Waals surface area contributed by atoms with E-state index in [1.165, 1.54) is 6.42 Å². The van der Waals surface area contributed by atoms with Crippen LogP contribution in [-0.4, -0.2) is 75.2 Å². The highest BCUT2D eigenvalue weighted by atomic mass is 35.5. The molecule has 0 saturated carbocycles. The van der Waals surface area contributed by atoms with E-state index in [0.717, 1.165) is 44.8 Å². The lowest BCUT2D eigenvalue weighted by molar-refractivity contribution is 0.0583. The topological polar surface area (TPSA) is 54.0 Å². The minimum absolute atomic E-state index is 0. The largest absolute Gasteiger partial charge is 0.496 e. The Hall–Kier alpha value is -1.50. The molecule has 2 aliphatic heterocycles. The van der Waals surface area contributed by atoms with Gasteiger partial charge in [0, 0.05) is 49.9 Å². The van der Waals surface area contributed by atoms with Gasteiger partial charge in [0.15, 0.2) is 0 Å². The number of nitrogens with zero attached hydrogens (tertiary/aromatic N) is 2. The molecule has 1 unspecified atom stereocenters. The predicted molar refractivity (Wildman–Crippen MR) is 100 cm³/mol. The van der Waals surface area contributed by atoms with Gasteiger partial charge in [0.05, 0.1) is 14.2 Å². The first kappa shape index (κ1) is 19.8. The minimum atomic E-state index is 0. The van der Waals surface area contributed by atoms with E-state index in [9.17, 15) is 4.79 Å². The predicted octanol–water partition coefficient (Wildman–Crippen LogP) is 1.55. The van der Waals surface area contributed by atoms with Crippen molar-refractivity contribution in [1.82, 2.24) is 15.1 Å². The lowest BCUT2D eigenvalue weighted by Gasteiger charge is -2.37. The second-order valence-corrected chi connectivity index (χ2v) is 6.48. The average Bonchev–Trinajstić information content (AvgIpc) is 3.16. The van der Waals surface area contributed by atoms with Crippen LogP contribution in [0.2, 0.25) is 0 Å². The summed E-state index contributed by atoms with van der Waals surface area (Å²) in [6.45, 7) is 7.53. The number of methoxy groups -OCH3 is 2. The standard InChI is InChI=1S/C18H27N3O3.ClH/c1-13-16(23-2)10-14(11-17(13)24-3)18(22)21-8-6-20(7-9-21)15-4-5-19-12-15;/h10-11,15,19H,4-9,12H2,1-3H3;1H. The van der Waals surface area contributed by atoms with Crippen LogP contribution < -0.4 is 14.8 Å². The zero-order chi connectivity index (χ0) is 17.1. The van der Waals surface area contributed by atoms with Gasteiger partial charge in [-0.25, -0.2) is 0 Å². The molecule has 1 atom stereocenters. The molecule has 25 heavy (non-hydrogen) atoms. The van der Waals surface area contributed by atoms with Crippen LogP contribution in [0.4, 0.5) is 0 Å². The quantitative estimate of drug-likeness (QED) is 0.872. The molecule has 140 valence electrons. The van der Waals surface area contributed by atoms with Crippen molar-refractivity contribution in [3.63, 3.8) is 0 Å². The first-order chi connectivity index (χ1) is 11.6. The number of benzene rings is 1. The monoisotopic (exact) mass is 369 g/mol. The summed E-state index contributed by atoms with van der Waals surface area (Å²) in [7, 11) is 3.23. The molecule has 1 aromatic carbocycles. The molecule has 7 heteroatoms. The van der Waals surface area contributed by atoms with Crippen LogP contribution in [-0.2, 0) is 0 Å². The Morgan fingerprint density at radius 1 is 1.12 bits per heavy atom. The summed E-state index contributed by atoms with van der Waals surface area (Å²) in [6, 6.07) is 4.25. The molecule has 0 spiro atoms. The first-order valence-corrected chi connectivity index (χ1v) is 8.60. The lowest BCUT2D eigenvalue weighted by Crippen LogP contribution is -2.52. The van der Waals surface area contributed by atoms with E-state index in [2.05, 4.69) is 10.2 Å². The Bertz CT molecular complexity index is 572. The summed E-state index contributed by atoms with van der Waals surface area (Å²) in [5.74, 6) is 1.43. The Balaban J connectivity index is 0.00000225. The van der Waals surface area contributed by atoms with Gasteiger partial charge in [-0.1, -0.05) is 0 Å². The highest BCUT2D eigenvalue weighted by molar-refractivity contribution is 5.95. The van der Waals surface area contributed by atoms with Crippen molar-refractivity contribution in [3.05, 3.63) is 23.3 Å². The molecule has 2 heterocycles. The fraction of sp³-hybridized carbons (Fsp3) is 0.611. The Morgan fingerprint density at radius 3 is 2.20 bits per heavy atom. The van der Waals surface area contributed by atoms with Crippen LogP contribution in [0.3, 0.4) is 0 Å². The summed E-state index contributed by atoms with van der Waals surface area (Å²) in [5, 5.41) is 3.41. The fourth-order valence-corrected chi connectivity index (χ4v) is 3.63. The summed E-state index contributed by atoms with van der Waals surface area (Å²) in [6.07, 6.45) is 1.21. The summed E-state index contributed by atoms with van der Waals surface area (Å²) in [5.41, 5.74) is 1.54. The molecule has 0 bridgehead atoms. The van der Waals surface area contributed by atoms with Crippen LogP contribution in [0.15, 0.2) is 12.1 Å². The number of ether oxygens (including phenoxy) is 2. The molecular formula is C18H28ClN3O3. The van der Waals surface area contributed by atoms with Crippen molar-refractivity contribution in [2.45, 2.75) is 19.4 Å². The molecule has 3 rings (SSSR count). The highest BCUT2D eigenvalue weighted by Gasteiger charge is 2.28. The maximum absolute atomic E-state index is 12.9. The molecule has 0 radical (unpaired) electrons. The Labute approximate surface area is 155 Å². The van der Waals surface area contributed by atoms with Crippen molar-refractivity contribution in [1.29, 1.82) is 0 Å². The molecule has 0 aromatic heterocycles. The molecule has 1 aromatic rings. The SMILES string of the molecule is COc1cc(C(=O)N2CCN(C3CCNC3)CC2)cc(OC)c1C.Cl. The van der Waals surface area contributed by atoms with E-state index in [1.807, 2.05) is 24.0 Å². The zero-order valence-corrected chi connectivity index (χ0v) is 16.0. The fourth-order valence-electron chi connectivity index (χ4n) is 3.63. The third-order valence-electron chi connectivity index (χ3n) is 5.15. The molecule has 1 amide bonds. The first-order valence-electron chi connectivity index (χ1n) is 8.60. The second kappa shape index (κ2) is 8.74. The van der Waals surface area contributed by atoms with Crippen LogP contribution in [0.5, 0.6) is 11.5 Å². The number of hydrogen-bond acceptors (Lipinski definition) is 5. The number of carbonyl (C=O) groups excluding carboxylic acids is 1. The van der Waals surface area contributed by atoms with Crippen LogP contribution >= 0.6 is 12.4 Å². The number of amides is 1. The van der Waals surface area contributed by atoms with E-state index < -0.39 is 0 Å². The van der Waals surface area contributed by atoms with Crippen molar-refractivity contribution >= 4 is 18.3 Å². The number of piperazine rings is 1. The number of rotatable bonds is 4. The van der Waals surface area contributed by atoms with Gasteiger partial charge in [-0.05, 0) is 32.0 Å². The number of halogens is 1. The molecule has 2 saturated heterocycles. The summed E-state index contributed by atoms with van der Waals surface area (Å²) in [4.78, 5) is 17.3. The Morgan fingerprint density at radius 2 is 1.72 bits per heavy atom. The van der Waals surface area contributed by atoms with E-state index >= 15 is 0 Å². The summed E-state index contributed by atoms with van der Waals surface area (Å²) < 4.78 is 10.8. The van der Waals surface area contributed by atoms with Gasteiger partial charge in [0.2, 0.25) is 0 Å². The number of carbonyl (C=O) groups is 1. The Kier molecular flexibility index (Phi) is 6.93. The van der Waals surface area contributed by atoms with E-state index in [4.69, 9.17) is 9.47 Å². The molecule has 2 fully saturated rings. The highest BCUT2D eigenvalue weighted by Crippen LogP contribution is 2.30. The maximum Gasteiger partial charge on any atom is 0.254 e. The van der Waals surface area contributed by atoms with E-state index in [1.54, 1.807) is 14.2 Å². The van der Waals surface area contributed by atoms with Crippen molar-refractivity contribution in [2.75, 3.05) is 53.5 Å². The van der Waals surface area contributed by atoms with Crippen molar-refractivity contribution in [3.8, 4) is 11.5 Å². The molecule has 2 aliphatic rings. The van der Waals surface area contributed by atoms with Gasteiger partial charge < -0.3 is 19.7 Å². The molecular weight excluding hydrogens is 342 g/mol. The van der Waals surface area contributed by atoms with Gasteiger partial charge in [0.1, 0.15) is 11.5 Å². The summed E-state index contributed by atoms with van der Waals surface area (Å²) >= 11 is 0. The molecule has 6 nitrogen and oxygen atoms in total. The van der Waals surface area contributed by atoms with E-state index in [0.29, 0.717) is 23.1 Å². The van der Waals surface area contributed by atoms with Crippen LogP contribution in [0, 0.1) is 6.92 Å². The van der Waals surface area contributed by atoms with Gasteiger partial charge in [-0.15, -0.1) is 12.4 Å². The number of nitrogens with one attached hydrogen (secondary N) is 1. The van der Waals surface area contributed by atoms with Crippen LogP contribution in [0.25, 0.3) is 0 Å². The van der Waals surface area contributed by atoms with Gasteiger partial charge in [-0.3, -0.25) is 9.69 Å². The number of hydrogen-bond donors (Lipinski definition) is 1. The third kappa shape index (κ3) is 4.19. The third-order valence-corrected chi connectivity index (χ3v) is 5.15. The van der Waals surface area contributed by atoms with Gasteiger partial charge in [-0.2, -0.15) is 0 Å². The minimum Gasteiger partial charge on any atom is -0.496 e. The average molecular weight is 370 g/mol. The molecule has 0 aliphatic carbocycles. The molecule has 1 N–H and O–H groups in total. The smallest absolute Gasteiger partial charge is 0.254 e. The normalized spacial score (nSPS) is 20.9. The van der Waals surface area contributed by atoms with Crippen molar-refractivity contribution in [2.24, 2.45) is 0 Å². The maximum atomic E-state index is 12.9. The van der Waals surface area contributed by atoms with Gasteiger partial charge in [0.25, 0.3) is 5.91 Å². The van der Waals surface area contributed by atoms with Gasteiger partial charge >= 0.3 is 0 Å². The van der Waals surface area contributed by atoms with Crippen molar-refractivity contribution < 1.29 is 14.3 Å². The zero-order valence-electron chi connectivity index (χ0n) is 15.2. The lowest BCUT2D eigenvalue weighted by atomic mass is 10.1. The second-order valence-electron chi connectivity index (χ2n) is 6.48. The van der Waals surface area contributed by atoms with E-state index in [-0.39, 0.29) is 18.3 Å².